The zero-order valence-corrected chi connectivity index (χ0v) is 9.25. The Morgan fingerprint density at radius 1 is 1.73 bits per heavy atom. The molecule has 1 atom stereocenters. The van der Waals surface area contributed by atoms with Gasteiger partial charge in [-0.05, 0) is 11.4 Å². The topological polar surface area (TPSA) is 73.6 Å². The number of hydrogen-bond donors (Lipinski definition) is 2. The molecule has 15 heavy (non-hydrogen) atoms. The zero-order valence-electron chi connectivity index (χ0n) is 8.43. The molecule has 0 aromatic carbocycles. The van der Waals surface area contributed by atoms with E-state index >= 15 is 0 Å². The zero-order chi connectivity index (χ0) is 11.1. The smallest absolute Gasteiger partial charge is 0.265 e. The second kappa shape index (κ2) is 6.52. The van der Waals surface area contributed by atoms with E-state index < -0.39 is 6.10 Å². The normalized spacial score (nSPS) is 12.4. The molecule has 0 aliphatic carbocycles. The Bertz CT molecular complexity index is 290. The number of nitrogens with two attached hydrogens (primary N) is 1. The molecule has 1 unspecified atom stereocenters. The lowest BCUT2D eigenvalue weighted by molar-refractivity contribution is -0.137. The third-order valence-corrected chi connectivity index (χ3v) is 2.61. The lowest BCUT2D eigenvalue weighted by Gasteiger charge is -2.14. The molecule has 0 aliphatic heterocycles. The Morgan fingerprint density at radius 2 is 2.53 bits per heavy atom. The first-order chi connectivity index (χ1) is 7.27. The van der Waals surface area contributed by atoms with Crippen molar-refractivity contribution >= 4 is 17.2 Å². The third kappa shape index (κ3) is 3.96. The van der Waals surface area contributed by atoms with E-state index in [4.69, 9.17) is 15.3 Å². The maximum atomic E-state index is 11.2. The van der Waals surface area contributed by atoms with E-state index in [1.807, 2.05) is 22.9 Å². The molecule has 0 fully saturated rings. The SMILES string of the molecule is COCC(OCc1cccs1)C(=O)NN. The molecule has 0 radical (unpaired) electrons. The van der Waals surface area contributed by atoms with Crippen molar-refractivity contribution in [3.05, 3.63) is 22.4 Å². The van der Waals surface area contributed by atoms with E-state index in [0.29, 0.717) is 6.61 Å². The van der Waals surface area contributed by atoms with Gasteiger partial charge in [-0.1, -0.05) is 6.07 Å². The number of hydrazine groups is 1. The van der Waals surface area contributed by atoms with E-state index in [2.05, 4.69) is 0 Å². The maximum Gasteiger partial charge on any atom is 0.265 e. The standard InChI is InChI=1S/C9H14N2O3S/c1-13-6-8(9(12)11-10)14-5-7-3-2-4-15-7/h2-4,8H,5-6,10H2,1H3,(H,11,12). The fraction of sp³-hybridized carbons (Fsp3) is 0.444. The highest BCUT2D eigenvalue weighted by Crippen LogP contribution is 2.11. The molecule has 1 aromatic heterocycles. The molecular weight excluding hydrogens is 216 g/mol. The van der Waals surface area contributed by atoms with Crippen LogP contribution in [0.5, 0.6) is 0 Å². The van der Waals surface area contributed by atoms with Gasteiger partial charge in [0.2, 0.25) is 0 Å². The van der Waals surface area contributed by atoms with E-state index in [1.54, 1.807) is 11.3 Å². The van der Waals surface area contributed by atoms with Crippen molar-refractivity contribution in [3.8, 4) is 0 Å². The molecule has 1 aromatic rings. The molecule has 84 valence electrons. The summed E-state index contributed by atoms with van der Waals surface area (Å²) in [5, 5.41) is 1.95. The number of carbonyl (C=O) groups excluding carboxylic acids is 1. The Labute approximate surface area is 92.1 Å². The number of hydrogen-bond acceptors (Lipinski definition) is 5. The summed E-state index contributed by atoms with van der Waals surface area (Å²) in [6.45, 7) is 0.577. The van der Waals surface area contributed by atoms with Crippen LogP contribution in [-0.2, 0) is 20.9 Å². The molecule has 1 rings (SSSR count). The Balaban J connectivity index is 2.41. The molecule has 0 bridgehead atoms. The quantitative estimate of drug-likeness (QED) is 0.418. The van der Waals surface area contributed by atoms with Crippen molar-refractivity contribution in [2.75, 3.05) is 13.7 Å². The summed E-state index contributed by atoms with van der Waals surface area (Å²) in [5.74, 6) is 4.64. The van der Waals surface area contributed by atoms with Crippen LogP contribution in [0.1, 0.15) is 4.88 Å². The first kappa shape index (κ1) is 12.1. The molecule has 0 saturated heterocycles. The van der Waals surface area contributed by atoms with Crippen molar-refractivity contribution in [3.63, 3.8) is 0 Å². The summed E-state index contributed by atoms with van der Waals surface area (Å²) in [6, 6.07) is 3.87. The molecule has 6 heteroatoms. The van der Waals surface area contributed by atoms with Crippen molar-refractivity contribution in [2.45, 2.75) is 12.7 Å². The predicted octanol–water partition coefficient (Wildman–Crippen LogP) is 0.270. The van der Waals surface area contributed by atoms with Crippen LogP contribution in [0.25, 0.3) is 0 Å². The van der Waals surface area contributed by atoms with Crippen molar-refractivity contribution < 1.29 is 14.3 Å². The predicted molar refractivity (Wildman–Crippen MR) is 57.1 cm³/mol. The van der Waals surface area contributed by atoms with Crippen molar-refractivity contribution in [1.82, 2.24) is 5.43 Å². The highest BCUT2D eigenvalue weighted by Gasteiger charge is 2.17. The van der Waals surface area contributed by atoms with E-state index in [9.17, 15) is 4.79 Å². The second-order valence-electron chi connectivity index (χ2n) is 2.84. The van der Waals surface area contributed by atoms with Crippen LogP contribution in [0.2, 0.25) is 0 Å². The van der Waals surface area contributed by atoms with Crippen LogP contribution < -0.4 is 11.3 Å². The van der Waals surface area contributed by atoms with Gasteiger partial charge in [-0.25, -0.2) is 5.84 Å². The summed E-state index contributed by atoms with van der Waals surface area (Å²) < 4.78 is 10.2. The molecule has 1 amide bonds. The fourth-order valence-electron chi connectivity index (χ4n) is 1.02. The van der Waals surface area contributed by atoms with Crippen molar-refractivity contribution in [1.29, 1.82) is 0 Å². The lowest BCUT2D eigenvalue weighted by Crippen LogP contribution is -2.42. The number of carbonyl (C=O) groups is 1. The molecule has 0 saturated carbocycles. The maximum absolute atomic E-state index is 11.2. The van der Waals surface area contributed by atoms with Crippen molar-refractivity contribution in [2.24, 2.45) is 5.84 Å². The van der Waals surface area contributed by atoms with Crippen LogP contribution in [0.4, 0.5) is 0 Å². The average molecular weight is 230 g/mol. The minimum Gasteiger partial charge on any atom is -0.381 e. The van der Waals surface area contributed by atoms with E-state index in [1.165, 1.54) is 7.11 Å². The molecule has 3 N–H and O–H groups in total. The number of methoxy groups -OCH3 is 1. The summed E-state index contributed by atoms with van der Waals surface area (Å²) in [6.07, 6.45) is -0.665. The van der Waals surface area contributed by atoms with Gasteiger partial charge < -0.3 is 9.47 Å². The van der Waals surface area contributed by atoms with E-state index in [0.717, 1.165) is 4.88 Å². The van der Waals surface area contributed by atoms with Gasteiger partial charge in [0.25, 0.3) is 5.91 Å². The first-order valence-electron chi connectivity index (χ1n) is 4.41. The van der Waals surface area contributed by atoms with Gasteiger partial charge in [0.05, 0.1) is 13.2 Å². The molecule has 1 heterocycles. The Morgan fingerprint density at radius 3 is 3.07 bits per heavy atom. The molecule has 0 aliphatic rings. The highest BCUT2D eigenvalue weighted by atomic mass is 32.1. The minimum absolute atomic E-state index is 0.189. The Hall–Kier alpha value is -0.950. The number of nitrogens with one attached hydrogen (secondary N) is 1. The van der Waals surface area contributed by atoms with Crippen LogP contribution in [0, 0.1) is 0 Å². The first-order valence-corrected chi connectivity index (χ1v) is 5.29. The lowest BCUT2D eigenvalue weighted by atomic mass is 10.3. The largest absolute Gasteiger partial charge is 0.381 e. The van der Waals surface area contributed by atoms with Crippen LogP contribution in [0.3, 0.4) is 0 Å². The van der Waals surface area contributed by atoms with Gasteiger partial charge in [0, 0.05) is 12.0 Å². The van der Waals surface area contributed by atoms with Gasteiger partial charge >= 0.3 is 0 Å². The van der Waals surface area contributed by atoms with Crippen LogP contribution in [-0.4, -0.2) is 25.7 Å². The number of rotatable bonds is 6. The second-order valence-corrected chi connectivity index (χ2v) is 3.88. The fourth-order valence-corrected chi connectivity index (χ4v) is 1.65. The Kier molecular flexibility index (Phi) is 5.27. The summed E-state index contributed by atoms with van der Waals surface area (Å²) in [4.78, 5) is 12.3. The van der Waals surface area contributed by atoms with Crippen LogP contribution in [0.15, 0.2) is 17.5 Å². The number of ether oxygens (including phenoxy) is 2. The van der Waals surface area contributed by atoms with Crippen LogP contribution >= 0.6 is 11.3 Å². The van der Waals surface area contributed by atoms with E-state index in [-0.39, 0.29) is 12.5 Å². The molecule has 0 spiro atoms. The van der Waals surface area contributed by atoms with Gasteiger partial charge in [0.15, 0.2) is 6.10 Å². The third-order valence-electron chi connectivity index (χ3n) is 1.76. The monoisotopic (exact) mass is 230 g/mol. The average Bonchev–Trinajstić information content (AvgIpc) is 2.76. The van der Waals surface area contributed by atoms with Gasteiger partial charge in [-0.2, -0.15) is 0 Å². The van der Waals surface area contributed by atoms with Gasteiger partial charge in [0.1, 0.15) is 0 Å². The number of amides is 1. The summed E-state index contributed by atoms with van der Waals surface area (Å²) in [7, 11) is 1.51. The highest BCUT2D eigenvalue weighted by molar-refractivity contribution is 7.09. The van der Waals surface area contributed by atoms with Gasteiger partial charge in [-0.3, -0.25) is 10.2 Å². The molecular formula is C9H14N2O3S. The number of thiophene rings is 1. The van der Waals surface area contributed by atoms with Gasteiger partial charge in [-0.15, -0.1) is 11.3 Å². The summed E-state index contributed by atoms with van der Waals surface area (Å²) >= 11 is 1.57. The summed E-state index contributed by atoms with van der Waals surface area (Å²) in [5.41, 5.74) is 2.04. The minimum atomic E-state index is -0.665. The molecule has 5 nitrogen and oxygen atoms in total.